The molecule has 10 nitrogen and oxygen atoms in total. The normalized spacial score (nSPS) is 13.3. The summed E-state index contributed by atoms with van der Waals surface area (Å²) in [6.07, 6.45) is 7.26. The summed E-state index contributed by atoms with van der Waals surface area (Å²) in [5.74, 6) is 1.28. The van der Waals surface area contributed by atoms with Crippen molar-refractivity contribution in [1.29, 1.82) is 0 Å². The van der Waals surface area contributed by atoms with Crippen LogP contribution in [0.4, 0.5) is 0 Å². The molecule has 232 valence electrons. The molecule has 0 saturated carbocycles. The summed E-state index contributed by atoms with van der Waals surface area (Å²) in [5, 5.41) is 9.39. The highest BCUT2D eigenvalue weighted by atomic mass is 32.3. The van der Waals surface area contributed by atoms with Crippen molar-refractivity contribution >= 4 is 10.0 Å². The Morgan fingerprint density at radius 3 is 1.00 bits per heavy atom. The Labute approximate surface area is 233 Å². The van der Waals surface area contributed by atoms with Crippen LogP contribution in [0.3, 0.4) is 0 Å². The summed E-state index contributed by atoms with van der Waals surface area (Å²) in [4.78, 5) is 0. The van der Waals surface area contributed by atoms with Crippen LogP contribution in [0.2, 0.25) is 0 Å². The predicted molar refractivity (Wildman–Crippen MR) is 153 cm³/mol. The van der Waals surface area contributed by atoms with Gasteiger partial charge in [-0.1, -0.05) is 13.8 Å². The van der Waals surface area contributed by atoms with Gasteiger partial charge in [0.1, 0.15) is 0 Å². The lowest BCUT2D eigenvalue weighted by Crippen LogP contribution is -2.17. The van der Waals surface area contributed by atoms with Gasteiger partial charge in [0.05, 0.1) is 119 Å². The SMILES string of the molecule is CCC(C)S(C)(C)CCCOCCOCCOCCOCCOCCOCCOCCOCCOCCO. The van der Waals surface area contributed by atoms with Crippen molar-refractivity contribution in [2.75, 3.05) is 144 Å². The van der Waals surface area contributed by atoms with Crippen molar-refractivity contribution < 1.29 is 47.7 Å². The van der Waals surface area contributed by atoms with Crippen LogP contribution in [-0.4, -0.2) is 154 Å². The number of hydrogen-bond acceptors (Lipinski definition) is 10. The lowest BCUT2D eigenvalue weighted by Gasteiger charge is -2.37. The van der Waals surface area contributed by atoms with Crippen LogP contribution in [0.5, 0.6) is 0 Å². The second kappa shape index (κ2) is 29.9. The molecule has 0 aliphatic carbocycles. The Bertz CT molecular complexity index is 460. The molecule has 0 amide bonds. The highest BCUT2D eigenvalue weighted by Crippen LogP contribution is 2.46. The summed E-state index contributed by atoms with van der Waals surface area (Å²) >= 11 is 0. The van der Waals surface area contributed by atoms with Crippen LogP contribution >= 0.6 is 10.0 Å². The van der Waals surface area contributed by atoms with Crippen LogP contribution in [0.15, 0.2) is 0 Å². The monoisotopic (exact) mass is 574 g/mol. The van der Waals surface area contributed by atoms with Crippen LogP contribution < -0.4 is 0 Å². The quantitative estimate of drug-likeness (QED) is 0.121. The molecule has 0 aliphatic heterocycles. The minimum absolute atomic E-state index is 0.0317. The maximum atomic E-state index is 8.57. The lowest BCUT2D eigenvalue weighted by molar-refractivity contribution is -0.0255. The van der Waals surface area contributed by atoms with Gasteiger partial charge in [0.25, 0.3) is 0 Å². The van der Waals surface area contributed by atoms with E-state index < -0.39 is 10.0 Å². The summed E-state index contributed by atoms with van der Waals surface area (Å²) < 4.78 is 48.9. The molecule has 0 aromatic carbocycles. The average molecular weight is 575 g/mol. The zero-order valence-corrected chi connectivity index (χ0v) is 25.5. The van der Waals surface area contributed by atoms with Gasteiger partial charge in [-0.25, -0.2) is 10.0 Å². The van der Waals surface area contributed by atoms with E-state index in [0.717, 1.165) is 18.3 Å². The van der Waals surface area contributed by atoms with E-state index >= 15 is 0 Å². The van der Waals surface area contributed by atoms with Crippen LogP contribution in [0, 0.1) is 0 Å². The summed E-state index contributed by atoms with van der Waals surface area (Å²) in [5.41, 5.74) is 0. The van der Waals surface area contributed by atoms with Gasteiger partial charge in [-0.15, -0.1) is 0 Å². The first-order valence-corrected chi connectivity index (χ1v) is 16.7. The molecule has 1 N–H and O–H groups in total. The summed E-state index contributed by atoms with van der Waals surface area (Å²) in [7, 11) is -0.504. The maximum absolute atomic E-state index is 8.57. The van der Waals surface area contributed by atoms with E-state index in [1.807, 2.05) is 0 Å². The zero-order valence-electron chi connectivity index (χ0n) is 24.7. The Morgan fingerprint density at radius 1 is 0.474 bits per heavy atom. The second-order valence-corrected chi connectivity index (χ2v) is 13.6. The summed E-state index contributed by atoms with van der Waals surface area (Å²) in [6.45, 7) is 14.4. The lowest BCUT2D eigenvalue weighted by atomic mass is 10.4. The fourth-order valence-electron chi connectivity index (χ4n) is 3.11. The molecule has 0 rings (SSSR count). The van der Waals surface area contributed by atoms with Gasteiger partial charge in [0, 0.05) is 6.61 Å². The molecule has 1 atom stereocenters. The van der Waals surface area contributed by atoms with Crippen molar-refractivity contribution in [3.63, 3.8) is 0 Å². The average Bonchev–Trinajstić information content (AvgIpc) is 2.91. The standard InChI is InChI=1S/C27H58O10S/c1-5-27(2)38(3,4)26-6-8-29-10-12-31-14-16-33-18-20-35-22-24-37-25-23-36-21-19-34-17-15-32-13-11-30-9-7-28/h27-28H,5-26H2,1-4H3. The second-order valence-electron chi connectivity index (χ2n) is 9.14. The molecule has 0 aliphatic rings. The van der Waals surface area contributed by atoms with Crippen molar-refractivity contribution in [2.24, 2.45) is 0 Å². The Hall–Kier alpha value is -0.0500. The number of rotatable bonds is 32. The topological polar surface area (TPSA) is 103 Å². The fourth-order valence-corrected chi connectivity index (χ4v) is 5.28. The van der Waals surface area contributed by atoms with Gasteiger partial charge < -0.3 is 47.7 Å². The molecule has 0 bridgehead atoms. The van der Waals surface area contributed by atoms with Crippen LogP contribution in [-0.2, 0) is 42.6 Å². The fraction of sp³-hybridized carbons (Fsp3) is 1.00. The maximum Gasteiger partial charge on any atom is 0.0701 e. The van der Waals surface area contributed by atoms with Crippen molar-refractivity contribution in [1.82, 2.24) is 0 Å². The highest BCUT2D eigenvalue weighted by molar-refractivity contribution is 8.33. The molecule has 0 radical (unpaired) electrons. The van der Waals surface area contributed by atoms with Crippen LogP contribution in [0.1, 0.15) is 26.7 Å². The van der Waals surface area contributed by atoms with E-state index in [-0.39, 0.29) is 6.61 Å². The molecule has 11 heteroatoms. The third-order valence-electron chi connectivity index (χ3n) is 5.83. The molecule has 38 heavy (non-hydrogen) atoms. The van der Waals surface area contributed by atoms with E-state index in [1.54, 1.807) is 0 Å². The van der Waals surface area contributed by atoms with Gasteiger partial charge >= 0.3 is 0 Å². The van der Waals surface area contributed by atoms with Gasteiger partial charge in [0.2, 0.25) is 0 Å². The van der Waals surface area contributed by atoms with E-state index in [4.69, 9.17) is 47.7 Å². The molecular formula is C27H58O10S. The highest BCUT2D eigenvalue weighted by Gasteiger charge is 2.18. The number of hydrogen-bond donors (Lipinski definition) is 1. The number of aliphatic hydroxyl groups is 1. The van der Waals surface area contributed by atoms with E-state index in [1.165, 1.54) is 12.2 Å². The largest absolute Gasteiger partial charge is 0.394 e. The first kappa shape index (κ1) is 38.0. The molecule has 0 fully saturated rings. The smallest absolute Gasteiger partial charge is 0.0701 e. The molecule has 0 heterocycles. The third kappa shape index (κ3) is 27.5. The van der Waals surface area contributed by atoms with Crippen LogP contribution in [0.25, 0.3) is 0 Å². The summed E-state index contributed by atoms with van der Waals surface area (Å²) in [6, 6.07) is 0. The van der Waals surface area contributed by atoms with Gasteiger partial charge in [0.15, 0.2) is 0 Å². The molecule has 0 aromatic heterocycles. The first-order chi connectivity index (χ1) is 18.5. The Morgan fingerprint density at radius 2 is 0.737 bits per heavy atom. The van der Waals surface area contributed by atoms with E-state index in [0.29, 0.717) is 112 Å². The van der Waals surface area contributed by atoms with Crippen molar-refractivity contribution in [2.45, 2.75) is 31.9 Å². The number of aliphatic hydroxyl groups excluding tert-OH is 1. The van der Waals surface area contributed by atoms with Gasteiger partial charge in [-0.2, -0.15) is 0 Å². The molecule has 0 spiro atoms. The number of ether oxygens (including phenoxy) is 9. The zero-order chi connectivity index (χ0) is 28.0. The first-order valence-electron chi connectivity index (χ1n) is 14.0. The Kier molecular flexibility index (Phi) is 29.9. The molecule has 0 aromatic rings. The third-order valence-corrected chi connectivity index (χ3v) is 9.69. The predicted octanol–water partition coefficient (Wildman–Crippen LogP) is 2.38. The Balaban J connectivity index is 3.12. The minimum Gasteiger partial charge on any atom is -0.394 e. The molecule has 0 saturated heterocycles. The minimum atomic E-state index is -0.504. The molecule has 1 unspecified atom stereocenters. The van der Waals surface area contributed by atoms with Gasteiger partial charge in [-0.05, 0) is 36.4 Å². The van der Waals surface area contributed by atoms with Gasteiger partial charge in [-0.3, -0.25) is 0 Å². The van der Waals surface area contributed by atoms with Crippen molar-refractivity contribution in [3.8, 4) is 0 Å². The molecular weight excluding hydrogens is 516 g/mol. The van der Waals surface area contributed by atoms with Crippen molar-refractivity contribution in [3.05, 3.63) is 0 Å². The van der Waals surface area contributed by atoms with E-state index in [9.17, 15) is 0 Å². The van der Waals surface area contributed by atoms with E-state index in [2.05, 4.69) is 26.4 Å².